The van der Waals surface area contributed by atoms with E-state index in [1.165, 1.54) is 27.7 Å². The Morgan fingerprint density at radius 2 is 0.553 bits per heavy atom. The average molecular weight is 542 g/mol. The fourth-order valence-electron chi connectivity index (χ4n) is 5.17. The van der Waals surface area contributed by atoms with E-state index in [0.29, 0.717) is 24.3 Å². The molecule has 0 radical (unpaired) electrons. The Balaban J connectivity index is 0.00000400. The van der Waals surface area contributed by atoms with Gasteiger partial charge in [0.05, 0.1) is 46.5 Å². The number of rotatable bonds is 4. The largest absolute Gasteiger partial charge is 1.00 e. The number of aryl methyl sites for hydroxylation is 4. The zero-order chi connectivity index (χ0) is 27.4. The molecular formula is C28H20BF8Na. The van der Waals surface area contributed by atoms with Gasteiger partial charge in [0, 0.05) is 0 Å². The normalized spacial score (nSPS) is 11.5. The molecule has 0 aliphatic rings. The third-order valence-electron chi connectivity index (χ3n) is 7.01. The smallest absolute Gasteiger partial charge is 0.210 e. The summed E-state index contributed by atoms with van der Waals surface area (Å²) in [6.07, 6.45) is -4.50. The molecule has 0 aliphatic heterocycles. The van der Waals surface area contributed by atoms with E-state index >= 15 is 35.1 Å². The summed E-state index contributed by atoms with van der Waals surface area (Å²) in [6.45, 7) is 4.70. The minimum atomic E-state index is -4.50. The van der Waals surface area contributed by atoms with Crippen LogP contribution < -0.4 is 51.4 Å². The standard InChI is InChI=1S/C28H20BF8.Na/c1-13-5-9-17(30)21(25(13)34)29(22-18(31)10-6-14(2)26(22)35,23-19(32)11-7-15(3)27(23)36)24-20(33)12-8-16(4)28(24)37;/h5-12H,1-4H3;/q-1;+1. The van der Waals surface area contributed by atoms with Gasteiger partial charge in [-0.2, -0.15) is 0 Å². The molecule has 0 bridgehead atoms. The van der Waals surface area contributed by atoms with E-state index in [1.807, 2.05) is 0 Å². The number of benzene rings is 4. The van der Waals surface area contributed by atoms with Crippen LogP contribution >= 0.6 is 0 Å². The Morgan fingerprint density at radius 1 is 0.368 bits per heavy atom. The Hall–Kier alpha value is -2.62. The third-order valence-corrected chi connectivity index (χ3v) is 7.01. The summed E-state index contributed by atoms with van der Waals surface area (Å²) in [5.41, 5.74) is -6.19. The first-order valence-corrected chi connectivity index (χ1v) is 11.3. The quantitative estimate of drug-likeness (QED) is 0.275. The summed E-state index contributed by atoms with van der Waals surface area (Å²) in [6, 6.07) is 6.82. The molecule has 0 N–H and O–H groups in total. The molecule has 0 saturated heterocycles. The zero-order valence-electron chi connectivity index (χ0n) is 21.2. The zero-order valence-corrected chi connectivity index (χ0v) is 23.2. The number of halogens is 8. The predicted octanol–water partition coefficient (Wildman–Crippen LogP) is 2.41. The predicted molar refractivity (Wildman–Crippen MR) is 129 cm³/mol. The summed E-state index contributed by atoms with van der Waals surface area (Å²) < 4.78 is 127. The molecular weight excluding hydrogens is 522 g/mol. The number of hydrogen-bond acceptors (Lipinski definition) is 0. The van der Waals surface area contributed by atoms with Gasteiger partial charge in [0.2, 0.25) is 0 Å². The van der Waals surface area contributed by atoms with Crippen LogP contribution in [-0.4, -0.2) is 6.15 Å². The second-order valence-electron chi connectivity index (χ2n) is 9.23. The summed E-state index contributed by atoms with van der Waals surface area (Å²) >= 11 is 0. The first-order chi connectivity index (χ1) is 17.3. The van der Waals surface area contributed by atoms with Gasteiger partial charge >= 0.3 is 29.6 Å². The summed E-state index contributed by atoms with van der Waals surface area (Å²) in [5, 5.41) is 0. The monoisotopic (exact) mass is 542 g/mol. The van der Waals surface area contributed by atoms with Gasteiger partial charge in [-0.1, -0.05) is 24.3 Å². The van der Waals surface area contributed by atoms with Crippen LogP contribution in [0.15, 0.2) is 48.5 Å². The summed E-state index contributed by atoms with van der Waals surface area (Å²) in [5.74, 6) is -11.8. The molecule has 192 valence electrons. The molecule has 0 aliphatic carbocycles. The van der Waals surface area contributed by atoms with Crippen LogP contribution in [0.5, 0.6) is 0 Å². The van der Waals surface area contributed by atoms with Crippen molar-refractivity contribution in [1.82, 2.24) is 0 Å². The van der Waals surface area contributed by atoms with Crippen molar-refractivity contribution in [2.24, 2.45) is 0 Å². The molecule has 4 aromatic carbocycles. The van der Waals surface area contributed by atoms with Gasteiger partial charge in [-0.15, -0.1) is 21.9 Å². The van der Waals surface area contributed by atoms with E-state index < -0.39 is 74.5 Å². The Kier molecular flexibility index (Phi) is 8.56. The molecule has 0 amide bonds. The van der Waals surface area contributed by atoms with Crippen molar-refractivity contribution in [3.8, 4) is 0 Å². The Bertz CT molecular complexity index is 1330. The van der Waals surface area contributed by atoms with E-state index in [0.717, 1.165) is 24.3 Å². The van der Waals surface area contributed by atoms with Gasteiger partial charge in [0.25, 0.3) is 0 Å². The van der Waals surface area contributed by atoms with Crippen molar-refractivity contribution >= 4 is 28.0 Å². The topological polar surface area (TPSA) is 0 Å². The molecule has 38 heavy (non-hydrogen) atoms. The average Bonchev–Trinajstić information content (AvgIpc) is 2.84. The van der Waals surface area contributed by atoms with Crippen LogP contribution in [0.1, 0.15) is 22.3 Å². The van der Waals surface area contributed by atoms with Crippen molar-refractivity contribution < 1.29 is 64.7 Å². The molecule has 4 aromatic rings. The second kappa shape index (κ2) is 10.9. The first kappa shape index (κ1) is 29.9. The minimum absolute atomic E-state index is 0. The van der Waals surface area contributed by atoms with Gasteiger partial charge in [-0.25, -0.2) is 35.1 Å². The Labute approximate surface area is 236 Å². The van der Waals surface area contributed by atoms with Gasteiger partial charge in [-0.3, -0.25) is 0 Å². The van der Waals surface area contributed by atoms with E-state index in [2.05, 4.69) is 0 Å². The van der Waals surface area contributed by atoms with E-state index in [4.69, 9.17) is 0 Å². The van der Waals surface area contributed by atoms with Crippen molar-refractivity contribution in [2.75, 3.05) is 0 Å². The molecule has 0 heterocycles. The maximum Gasteiger partial charge on any atom is 1.00 e. The van der Waals surface area contributed by atoms with E-state index in [9.17, 15) is 0 Å². The van der Waals surface area contributed by atoms with Crippen LogP contribution in [0.3, 0.4) is 0 Å². The van der Waals surface area contributed by atoms with E-state index in [1.54, 1.807) is 0 Å². The number of hydrogen-bond donors (Lipinski definition) is 0. The summed E-state index contributed by atoms with van der Waals surface area (Å²) in [4.78, 5) is 0. The van der Waals surface area contributed by atoms with Crippen LogP contribution in [0.4, 0.5) is 35.1 Å². The maximum atomic E-state index is 15.9. The molecule has 4 rings (SSSR count). The van der Waals surface area contributed by atoms with Crippen molar-refractivity contribution in [1.29, 1.82) is 0 Å². The molecule has 0 saturated carbocycles. The van der Waals surface area contributed by atoms with Crippen molar-refractivity contribution in [2.45, 2.75) is 27.7 Å². The van der Waals surface area contributed by atoms with Crippen LogP contribution in [0.25, 0.3) is 0 Å². The molecule has 0 unspecified atom stereocenters. The summed E-state index contributed by atoms with van der Waals surface area (Å²) in [7, 11) is 0. The molecule has 10 heteroatoms. The van der Waals surface area contributed by atoms with Gasteiger partial charge in [0.1, 0.15) is 6.15 Å². The second-order valence-corrected chi connectivity index (χ2v) is 9.23. The van der Waals surface area contributed by atoms with Crippen LogP contribution in [-0.2, 0) is 0 Å². The van der Waals surface area contributed by atoms with Gasteiger partial charge in [-0.05, 0) is 74.2 Å². The maximum absolute atomic E-state index is 15.9. The van der Waals surface area contributed by atoms with Crippen molar-refractivity contribution in [3.63, 3.8) is 0 Å². The molecule has 0 atom stereocenters. The fourth-order valence-corrected chi connectivity index (χ4v) is 5.17. The van der Waals surface area contributed by atoms with Gasteiger partial charge in [0.15, 0.2) is 0 Å². The minimum Gasteiger partial charge on any atom is -0.210 e. The van der Waals surface area contributed by atoms with Gasteiger partial charge < -0.3 is 0 Å². The SMILES string of the molecule is Cc1ccc(F)c([B-](c2c(F)ccc(C)c2F)(c2c(F)ccc(C)c2F)c2c(F)ccc(C)c2F)c1F.[Na+]. The van der Waals surface area contributed by atoms with Crippen LogP contribution in [0, 0.1) is 74.2 Å². The first-order valence-electron chi connectivity index (χ1n) is 11.3. The van der Waals surface area contributed by atoms with Crippen LogP contribution in [0.2, 0.25) is 0 Å². The molecule has 0 spiro atoms. The third kappa shape index (κ3) is 4.38. The molecule has 0 nitrogen and oxygen atoms in total. The Morgan fingerprint density at radius 3 is 0.737 bits per heavy atom. The molecule has 0 aromatic heterocycles. The van der Waals surface area contributed by atoms with E-state index in [-0.39, 0.29) is 51.8 Å². The van der Waals surface area contributed by atoms with Crippen molar-refractivity contribution in [3.05, 3.63) is 117 Å². The fraction of sp³-hybridized carbons (Fsp3) is 0.143. The molecule has 0 fully saturated rings.